The summed E-state index contributed by atoms with van der Waals surface area (Å²) in [5, 5.41) is 21.5. The molecule has 2 unspecified atom stereocenters. The molecule has 0 aliphatic heterocycles. The van der Waals surface area contributed by atoms with Crippen molar-refractivity contribution >= 4 is 5.69 Å². The van der Waals surface area contributed by atoms with Crippen LogP contribution >= 0.6 is 0 Å². The zero-order valence-electron chi connectivity index (χ0n) is 12.0. The zero-order valence-corrected chi connectivity index (χ0v) is 12.0. The molecular formula is C15H20N4O. The van der Waals surface area contributed by atoms with Crippen LogP contribution in [0, 0.1) is 5.41 Å². The van der Waals surface area contributed by atoms with E-state index < -0.39 is 0 Å². The van der Waals surface area contributed by atoms with Gasteiger partial charge >= 0.3 is 0 Å². The molecule has 5 heteroatoms. The molecule has 0 saturated heterocycles. The predicted octanol–water partition coefficient (Wildman–Crippen LogP) is 2.05. The molecule has 1 fully saturated rings. The summed E-state index contributed by atoms with van der Waals surface area (Å²) < 4.78 is 1.90. The third-order valence-electron chi connectivity index (χ3n) is 4.42. The van der Waals surface area contributed by atoms with Crippen molar-refractivity contribution in [2.75, 3.05) is 5.32 Å². The smallest absolute Gasteiger partial charge is 0.165 e. The monoisotopic (exact) mass is 272 g/mol. The Bertz CT molecular complexity index is 620. The van der Waals surface area contributed by atoms with Gasteiger partial charge in [0.2, 0.25) is 0 Å². The van der Waals surface area contributed by atoms with Crippen molar-refractivity contribution in [3.63, 3.8) is 0 Å². The van der Waals surface area contributed by atoms with Gasteiger partial charge in [0, 0.05) is 29.8 Å². The number of benzene rings is 1. The fourth-order valence-electron chi connectivity index (χ4n) is 2.67. The molecule has 5 nitrogen and oxygen atoms in total. The van der Waals surface area contributed by atoms with E-state index in [1.165, 1.54) is 0 Å². The number of aliphatic hydroxyl groups is 1. The third-order valence-corrected chi connectivity index (χ3v) is 4.42. The summed E-state index contributed by atoms with van der Waals surface area (Å²) >= 11 is 0. The number of hydrogen-bond acceptors (Lipinski definition) is 4. The Morgan fingerprint density at radius 3 is 2.70 bits per heavy atom. The number of hydrogen-bond donors (Lipinski definition) is 2. The molecule has 1 aliphatic carbocycles. The lowest BCUT2D eigenvalue weighted by Crippen LogP contribution is -2.56. The molecule has 0 amide bonds. The molecular weight excluding hydrogens is 252 g/mol. The van der Waals surface area contributed by atoms with Gasteiger partial charge < -0.3 is 15.0 Å². The SMILES string of the molecule is Cn1cnnc1-c1ccccc1NC1CC(O)C1(C)C. The van der Waals surface area contributed by atoms with Crippen molar-refractivity contribution < 1.29 is 5.11 Å². The van der Waals surface area contributed by atoms with Crippen LogP contribution in [0.1, 0.15) is 20.3 Å². The maximum Gasteiger partial charge on any atom is 0.165 e. The van der Waals surface area contributed by atoms with E-state index in [2.05, 4.69) is 29.4 Å². The van der Waals surface area contributed by atoms with Crippen molar-refractivity contribution in [2.45, 2.75) is 32.4 Å². The first-order valence-corrected chi connectivity index (χ1v) is 6.88. The number of nitrogens with zero attached hydrogens (tertiary/aromatic N) is 3. The molecule has 1 saturated carbocycles. The van der Waals surface area contributed by atoms with Crippen molar-refractivity contribution in [3.05, 3.63) is 30.6 Å². The van der Waals surface area contributed by atoms with Crippen LogP contribution in [0.25, 0.3) is 11.4 Å². The number of aromatic nitrogens is 3. The van der Waals surface area contributed by atoms with Crippen LogP contribution in [0.15, 0.2) is 30.6 Å². The molecule has 2 atom stereocenters. The minimum Gasteiger partial charge on any atom is -0.392 e. The van der Waals surface area contributed by atoms with Crippen molar-refractivity contribution in [3.8, 4) is 11.4 Å². The molecule has 0 bridgehead atoms. The van der Waals surface area contributed by atoms with Gasteiger partial charge in [-0.3, -0.25) is 0 Å². The van der Waals surface area contributed by atoms with E-state index in [1.807, 2.05) is 35.9 Å². The van der Waals surface area contributed by atoms with E-state index >= 15 is 0 Å². The van der Waals surface area contributed by atoms with Gasteiger partial charge in [-0.2, -0.15) is 0 Å². The minimum absolute atomic E-state index is 0.104. The molecule has 106 valence electrons. The van der Waals surface area contributed by atoms with Gasteiger partial charge in [-0.05, 0) is 18.6 Å². The molecule has 0 radical (unpaired) electrons. The van der Waals surface area contributed by atoms with Gasteiger partial charge in [-0.1, -0.05) is 26.0 Å². The highest BCUT2D eigenvalue weighted by Gasteiger charge is 2.47. The molecule has 20 heavy (non-hydrogen) atoms. The normalized spacial score (nSPS) is 24.2. The standard InChI is InChI=1S/C15H20N4O/c1-15(2)12(8-13(15)20)17-11-7-5-4-6-10(11)14-18-16-9-19(14)3/h4-7,9,12-13,17,20H,8H2,1-3H3. The lowest BCUT2D eigenvalue weighted by atomic mass is 9.64. The summed E-state index contributed by atoms with van der Waals surface area (Å²) in [6.45, 7) is 4.17. The van der Waals surface area contributed by atoms with Crippen LogP contribution in [-0.4, -0.2) is 32.0 Å². The number of aliphatic hydroxyl groups excluding tert-OH is 1. The van der Waals surface area contributed by atoms with Gasteiger partial charge in [0.05, 0.1) is 6.10 Å². The number of aryl methyl sites for hydroxylation is 1. The van der Waals surface area contributed by atoms with Gasteiger partial charge in [-0.25, -0.2) is 0 Å². The molecule has 2 N–H and O–H groups in total. The van der Waals surface area contributed by atoms with E-state index in [4.69, 9.17) is 0 Å². The highest BCUT2D eigenvalue weighted by molar-refractivity contribution is 5.73. The summed E-state index contributed by atoms with van der Waals surface area (Å²) in [6.07, 6.45) is 2.24. The first-order valence-electron chi connectivity index (χ1n) is 6.88. The average Bonchev–Trinajstić information content (AvgIpc) is 2.85. The number of nitrogens with one attached hydrogen (secondary N) is 1. The molecule has 1 aromatic carbocycles. The Morgan fingerprint density at radius 1 is 1.35 bits per heavy atom. The highest BCUT2D eigenvalue weighted by atomic mass is 16.3. The molecule has 1 aliphatic rings. The highest BCUT2D eigenvalue weighted by Crippen LogP contribution is 2.43. The van der Waals surface area contributed by atoms with Crippen LogP contribution in [0.4, 0.5) is 5.69 Å². The fraction of sp³-hybridized carbons (Fsp3) is 0.467. The van der Waals surface area contributed by atoms with Crippen LogP contribution in [0.5, 0.6) is 0 Å². The van der Waals surface area contributed by atoms with E-state index in [9.17, 15) is 5.11 Å². The van der Waals surface area contributed by atoms with E-state index in [1.54, 1.807) is 6.33 Å². The first-order chi connectivity index (χ1) is 9.50. The second-order valence-corrected chi connectivity index (χ2v) is 6.08. The number of para-hydroxylation sites is 1. The molecule has 3 rings (SSSR count). The van der Waals surface area contributed by atoms with Crippen LogP contribution in [0.3, 0.4) is 0 Å². The zero-order chi connectivity index (χ0) is 14.3. The fourth-order valence-corrected chi connectivity index (χ4v) is 2.67. The van der Waals surface area contributed by atoms with E-state index in [0.29, 0.717) is 0 Å². The second kappa shape index (κ2) is 4.59. The topological polar surface area (TPSA) is 63.0 Å². The van der Waals surface area contributed by atoms with Gasteiger partial charge in [0.25, 0.3) is 0 Å². The Kier molecular flexibility index (Phi) is 3.01. The predicted molar refractivity (Wildman–Crippen MR) is 78.3 cm³/mol. The van der Waals surface area contributed by atoms with Gasteiger partial charge in [0.15, 0.2) is 5.82 Å². The van der Waals surface area contributed by atoms with Crippen LogP contribution in [-0.2, 0) is 7.05 Å². The average molecular weight is 272 g/mol. The Labute approximate surface area is 118 Å². The van der Waals surface area contributed by atoms with Gasteiger partial charge in [-0.15, -0.1) is 10.2 Å². The number of rotatable bonds is 3. The quantitative estimate of drug-likeness (QED) is 0.897. The maximum absolute atomic E-state index is 9.86. The Hall–Kier alpha value is -1.88. The summed E-state index contributed by atoms with van der Waals surface area (Å²) in [5.41, 5.74) is 1.96. The Balaban J connectivity index is 1.90. The van der Waals surface area contributed by atoms with Crippen LogP contribution < -0.4 is 5.32 Å². The summed E-state index contributed by atoms with van der Waals surface area (Å²) in [4.78, 5) is 0. The van der Waals surface area contributed by atoms with Crippen LogP contribution in [0.2, 0.25) is 0 Å². The van der Waals surface area contributed by atoms with Crippen molar-refractivity contribution in [1.29, 1.82) is 0 Å². The summed E-state index contributed by atoms with van der Waals surface area (Å²) in [6, 6.07) is 8.35. The minimum atomic E-state index is -0.234. The lowest BCUT2D eigenvalue weighted by molar-refractivity contribution is -0.0510. The van der Waals surface area contributed by atoms with Crippen molar-refractivity contribution in [1.82, 2.24) is 14.8 Å². The second-order valence-electron chi connectivity index (χ2n) is 6.08. The molecule has 2 aromatic rings. The summed E-state index contributed by atoms with van der Waals surface area (Å²) in [7, 11) is 1.93. The third kappa shape index (κ3) is 1.98. The molecule has 0 spiro atoms. The van der Waals surface area contributed by atoms with Gasteiger partial charge in [0.1, 0.15) is 6.33 Å². The molecule has 1 aromatic heterocycles. The largest absolute Gasteiger partial charge is 0.392 e. The maximum atomic E-state index is 9.86. The Morgan fingerprint density at radius 2 is 2.10 bits per heavy atom. The van der Waals surface area contributed by atoms with Crippen molar-refractivity contribution in [2.24, 2.45) is 12.5 Å². The lowest BCUT2D eigenvalue weighted by Gasteiger charge is -2.50. The van der Waals surface area contributed by atoms with E-state index in [0.717, 1.165) is 23.5 Å². The summed E-state index contributed by atoms with van der Waals surface area (Å²) in [5.74, 6) is 0.839. The van der Waals surface area contributed by atoms with E-state index in [-0.39, 0.29) is 17.6 Å². The first kappa shape index (κ1) is 13.1. The molecule has 1 heterocycles. The number of anilines is 1.